The Labute approximate surface area is 191 Å². The van der Waals surface area contributed by atoms with E-state index in [4.69, 9.17) is 4.99 Å². The molecular weight excluding hydrogens is 481 g/mol. The van der Waals surface area contributed by atoms with Gasteiger partial charge in [0.2, 0.25) is 0 Å². The van der Waals surface area contributed by atoms with Crippen LogP contribution in [0, 0.1) is 0 Å². The molecule has 0 saturated carbocycles. The first-order valence-corrected chi connectivity index (χ1v) is 10.6. The fourth-order valence-electron chi connectivity index (χ4n) is 2.58. The van der Waals surface area contributed by atoms with E-state index in [-0.39, 0.29) is 24.0 Å². The molecule has 2 rings (SSSR count). The van der Waals surface area contributed by atoms with Crippen LogP contribution in [0.4, 0.5) is 0 Å². The van der Waals surface area contributed by atoms with E-state index in [9.17, 15) is 0 Å². The molecule has 7 heteroatoms. The first kappa shape index (κ1) is 24.8. The molecule has 0 saturated heterocycles. The van der Waals surface area contributed by atoms with Gasteiger partial charge in [-0.25, -0.2) is 9.98 Å². The van der Waals surface area contributed by atoms with Gasteiger partial charge in [-0.15, -0.1) is 35.3 Å². The average molecular weight is 516 g/mol. The molecule has 0 bridgehead atoms. The van der Waals surface area contributed by atoms with E-state index in [1.807, 2.05) is 6.20 Å². The van der Waals surface area contributed by atoms with Gasteiger partial charge in [0.15, 0.2) is 5.96 Å². The molecular formula is C21H34IN5S. The van der Waals surface area contributed by atoms with Crippen molar-refractivity contribution in [2.24, 2.45) is 4.99 Å². The van der Waals surface area contributed by atoms with Crippen LogP contribution in [0.1, 0.15) is 48.7 Å². The van der Waals surface area contributed by atoms with Crippen molar-refractivity contribution in [3.05, 3.63) is 51.5 Å². The molecule has 5 nitrogen and oxygen atoms in total. The zero-order valence-corrected chi connectivity index (χ0v) is 20.8. The molecule has 1 heterocycles. The van der Waals surface area contributed by atoms with Crippen LogP contribution in [-0.4, -0.2) is 35.5 Å². The number of nitrogens with zero attached hydrogens (tertiary/aromatic N) is 3. The van der Waals surface area contributed by atoms with Crippen LogP contribution < -0.4 is 10.6 Å². The second kappa shape index (κ2) is 13.1. The molecule has 1 aromatic carbocycles. The van der Waals surface area contributed by atoms with Crippen molar-refractivity contribution in [1.82, 2.24) is 20.5 Å². The van der Waals surface area contributed by atoms with Crippen LogP contribution in [-0.2, 0) is 26.1 Å². The van der Waals surface area contributed by atoms with E-state index in [0.29, 0.717) is 19.1 Å². The van der Waals surface area contributed by atoms with Gasteiger partial charge in [0.1, 0.15) is 5.01 Å². The zero-order chi connectivity index (χ0) is 19.6. The summed E-state index contributed by atoms with van der Waals surface area (Å²) in [6.45, 7) is 11.8. The van der Waals surface area contributed by atoms with Gasteiger partial charge in [-0.1, -0.05) is 31.2 Å². The molecule has 156 valence electrons. The third-order valence-corrected chi connectivity index (χ3v) is 5.67. The summed E-state index contributed by atoms with van der Waals surface area (Å²) >= 11 is 1.76. The molecule has 2 aromatic rings. The fraction of sp³-hybridized carbons (Fsp3) is 0.524. The molecule has 0 fully saturated rings. The molecule has 0 spiro atoms. The number of nitrogens with one attached hydrogen (secondary N) is 2. The van der Waals surface area contributed by atoms with Crippen molar-refractivity contribution in [2.75, 3.05) is 13.6 Å². The second-order valence-corrected chi connectivity index (χ2v) is 8.10. The third-order valence-electron chi connectivity index (χ3n) is 4.53. The third kappa shape index (κ3) is 8.05. The monoisotopic (exact) mass is 515 g/mol. The highest BCUT2D eigenvalue weighted by atomic mass is 127. The van der Waals surface area contributed by atoms with Gasteiger partial charge < -0.3 is 10.6 Å². The minimum atomic E-state index is 0. The molecule has 0 unspecified atom stereocenters. The fourth-order valence-corrected chi connectivity index (χ4v) is 3.38. The quantitative estimate of drug-likeness (QED) is 0.295. The van der Waals surface area contributed by atoms with Crippen molar-refractivity contribution in [3.63, 3.8) is 0 Å². The summed E-state index contributed by atoms with van der Waals surface area (Å²) in [5.74, 6) is 0.831. The Morgan fingerprint density at radius 3 is 2.50 bits per heavy atom. The number of guanidine groups is 1. The Bertz CT molecular complexity index is 729. The number of benzene rings is 1. The van der Waals surface area contributed by atoms with Crippen molar-refractivity contribution >= 4 is 41.3 Å². The van der Waals surface area contributed by atoms with Crippen molar-refractivity contribution in [1.29, 1.82) is 0 Å². The average Bonchev–Trinajstić information content (AvgIpc) is 3.13. The molecule has 28 heavy (non-hydrogen) atoms. The molecule has 0 aliphatic rings. The summed E-state index contributed by atoms with van der Waals surface area (Å²) in [5.41, 5.74) is 2.60. The minimum absolute atomic E-state index is 0. The van der Waals surface area contributed by atoms with Crippen LogP contribution in [0.3, 0.4) is 0 Å². The first-order chi connectivity index (χ1) is 13.0. The maximum absolute atomic E-state index is 4.79. The smallest absolute Gasteiger partial charge is 0.191 e. The Morgan fingerprint density at radius 1 is 1.18 bits per heavy atom. The van der Waals surface area contributed by atoms with Gasteiger partial charge >= 0.3 is 0 Å². The predicted molar refractivity (Wildman–Crippen MR) is 132 cm³/mol. The van der Waals surface area contributed by atoms with E-state index in [1.54, 1.807) is 11.3 Å². The van der Waals surface area contributed by atoms with Gasteiger partial charge in [0, 0.05) is 30.2 Å². The van der Waals surface area contributed by atoms with Crippen molar-refractivity contribution in [3.8, 4) is 0 Å². The summed E-state index contributed by atoms with van der Waals surface area (Å²) in [7, 11) is 2.16. The van der Waals surface area contributed by atoms with Crippen LogP contribution in [0.15, 0.2) is 35.5 Å². The van der Waals surface area contributed by atoms with Gasteiger partial charge in [-0.3, -0.25) is 4.90 Å². The molecule has 2 N–H and O–H groups in total. The van der Waals surface area contributed by atoms with Gasteiger partial charge in [-0.2, -0.15) is 0 Å². The van der Waals surface area contributed by atoms with Crippen LogP contribution in [0.25, 0.3) is 0 Å². The summed E-state index contributed by atoms with van der Waals surface area (Å²) in [4.78, 5) is 12.9. The summed E-state index contributed by atoms with van der Waals surface area (Å²) in [5, 5.41) is 7.82. The summed E-state index contributed by atoms with van der Waals surface area (Å²) < 4.78 is 0. The lowest BCUT2D eigenvalue weighted by Gasteiger charge is -2.22. The Kier molecular flexibility index (Phi) is 11.6. The lowest BCUT2D eigenvalue weighted by Crippen LogP contribution is -2.36. The van der Waals surface area contributed by atoms with Crippen LogP contribution in [0.2, 0.25) is 0 Å². The second-order valence-electron chi connectivity index (χ2n) is 6.90. The predicted octanol–water partition coefficient (Wildman–Crippen LogP) is 4.42. The van der Waals surface area contributed by atoms with E-state index in [0.717, 1.165) is 30.5 Å². The number of halogens is 1. The number of hydrogen-bond acceptors (Lipinski definition) is 4. The van der Waals surface area contributed by atoms with Crippen LogP contribution in [0.5, 0.6) is 0 Å². The maximum atomic E-state index is 4.79. The highest BCUT2D eigenvalue weighted by Crippen LogP contribution is 2.14. The SMILES string of the molecule is CCNC(=NCc1ccccc1CN(C)C(C)C)NCc1ncc(CC)s1.I. The van der Waals surface area contributed by atoms with E-state index in [1.165, 1.54) is 16.0 Å². The lowest BCUT2D eigenvalue weighted by atomic mass is 10.1. The molecule has 0 aliphatic carbocycles. The molecule has 1 aromatic heterocycles. The van der Waals surface area contributed by atoms with Crippen LogP contribution >= 0.6 is 35.3 Å². The molecule has 0 atom stereocenters. The Balaban J connectivity index is 0.00000392. The number of aromatic nitrogens is 1. The first-order valence-electron chi connectivity index (χ1n) is 9.76. The van der Waals surface area contributed by atoms with E-state index >= 15 is 0 Å². The minimum Gasteiger partial charge on any atom is -0.357 e. The maximum Gasteiger partial charge on any atom is 0.191 e. The van der Waals surface area contributed by atoms with Crippen molar-refractivity contribution in [2.45, 2.75) is 59.8 Å². The Morgan fingerprint density at radius 2 is 1.89 bits per heavy atom. The summed E-state index contributed by atoms with van der Waals surface area (Å²) in [6, 6.07) is 9.09. The molecule has 0 radical (unpaired) electrons. The molecule has 0 amide bonds. The Hall–Kier alpha value is -1.19. The summed E-state index contributed by atoms with van der Waals surface area (Å²) in [6.07, 6.45) is 3.00. The zero-order valence-electron chi connectivity index (χ0n) is 17.7. The van der Waals surface area contributed by atoms with Gasteiger partial charge in [0.25, 0.3) is 0 Å². The highest BCUT2D eigenvalue weighted by Gasteiger charge is 2.08. The van der Waals surface area contributed by atoms with E-state index in [2.05, 4.69) is 79.5 Å². The van der Waals surface area contributed by atoms with Crippen molar-refractivity contribution < 1.29 is 0 Å². The highest BCUT2D eigenvalue weighted by molar-refractivity contribution is 14.0. The van der Waals surface area contributed by atoms with Gasteiger partial charge in [0.05, 0.1) is 13.1 Å². The number of hydrogen-bond donors (Lipinski definition) is 2. The van der Waals surface area contributed by atoms with E-state index < -0.39 is 0 Å². The van der Waals surface area contributed by atoms with Gasteiger partial charge in [-0.05, 0) is 45.4 Å². The topological polar surface area (TPSA) is 52.6 Å². The number of rotatable bonds is 9. The molecule has 0 aliphatic heterocycles. The normalized spacial score (nSPS) is 11.6. The number of aryl methyl sites for hydroxylation is 1. The lowest BCUT2D eigenvalue weighted by molar-refractivity contribution is 0.265. The number of aliphatic imine (C=N–C) groups is 1. The number of thiazole rings is 1. The largest absolute Gasteiger partial charge is 0.357 e. The standard InChI is InChI=1S/C21H33N5S.HI/c1-6-19-13-23-20(27-19)14-25-21(22-7-2)24-12-17-10-8-9-11-18(17)15-26(5)16(3)4;/h8-11,13,16H,6-7,12,14-15H2,1-5H3,(H2,22,24,25);1H.